The monoisotopic (exact) mass is 337 g/mol. The largest absolute Gasteiger partial charge is 0.416 e. The summed E-state index contributed by atoms with van der Waals surface area (Å²) in [6, 6.07) is 13.3. The Morgan fingerprint density at radius 1 is 1.00 bits per heavy atom. The molecular formula is C17H14F3NOS. The third kappa shape index (κ3) is 4.69. The fourth-order valence-electron chi connectivity index (χ4n) is 1.86. The zero-order valence-corrected chi connectivity index (χ0v) is 13.1. The van der Waals surface area contributed by atoms with Gasteiger partial charge in [-0.3, -0.25) is 4.79 Å². The van der Waals surface area contributed by atoms with E-state index in [1.54, 1.807) is 0 Å². The fourth-order valence-corrected chi connectivity index (χ4v) is 2.58. The van der Waals surface area contributed by atoms with Gasteiger partial charge >= 0.3 is 6.18 Å². The summed E-state index contributed by atoms with van der Waals surface area (Å²) in [6.07, 6.45) is -4.42. The average Bonchev–Trinajstić information content (AvgIpc) is 2.54. The zero-order valence-electron chi connectivity index (χ0n) is 12.3. The number of carbonyl (C=O) groups is 1. The van der Waals surface area contributed by atoms with Crippen molar-refractivity contribution >= 4 is 22.7 Å². The van der Waals surface area contributed by atoms with Crippen molar-refractivity contribution in [2.45, 2.75) is 13.1 Å². The van der Waals surface area contributed by atoms with Crippen LogP contribution in [-0.2, 0) is 6.18 Å². The van der Waals surface area contributed by atoms with Crippen LogP contribution in [0.1, 0.15) is 28.4 Å². The molecule has 0 aliphatic rings. The lowest BCUT2D eigenvalue weighted by Gasteiger charge is -2.07. The highest BCUT2D eigenvalue weighted by Gasteiger charge is 2.30. The highest BCUT2D eigenvalue weighted by Crippen LogP contribution is 2.29. The van der Waals surface area contributed by atoms with E-state index < -0.39 is 17.6 Å². The van der Waals surface area contributed by atoms with Gasteiger partial charge in [0.25, 0.3) is 5.91 Å². The van der Waals surface area contributed by atoms with Crippen LogP contribution in [-0.4, -0.2) is 16.7 Å². The Balaban J connectivity index is 2.27. The van der Waals surface area contributed by atoms with Gasteiger partial charge in [-0.1, -0.05) is 37.3 Å². The Morgan fingerprint density at radius 3 is 2.13 bits per heavy atom. The Bertz CT molecular complexity index is 694. The third-order valence-electron chi connectivity index (χ3n) is 2.96. The van der Waals surface area contributed by atoms with Crippen molar-refractivity contribution in [2.24, 2.45) is 4.99 Å². The summed E-state index contributed by atoms with van der Waals surface area (Å²) < 4.78 is 37.6. The normalized spacial score (nSPS) is 12.3. The summed E-state index contributed by atoms with van der Waals surface area (Å²) in [5, 5.41) is 0.554. The highest BCUT2D eigenvalue weighted by molar-refractivity contribution is 8.14. The lowest BCUT2D eigenvalue weighted by molar-refractivity contribution is -0.137. The first-order chi connectivity index (χ1) is 10.9. The molecule has 0 unspecified atom stereocenters. The molecular weight excluding hydrogens is 323 g/mol. The Kier molecular flexibility index (Phi) is 5.60. The standard InChI is InChI=1S/C17H14F3NOS/c1-2-23-16(13-6-4-3-5-7-13)21-15(22)12-8-10-14(11-9-12)17(18,19)20/h3-11H,2H2,1H3. The molecule has 0 aromatic heterocycles. The maximum absolute atomic E-state index is 12.5. The zero-order chi connectivity index (χ0) is 16.9. The van der Waals surface area contributed by atoms with Gasteiger partial charge in [0, 0.05) is 11.1 Å². The van der Waals surface area contributed by atoms with Crippen LogP contribution in [0.25, 0.3) is 0 Å². The smallest absolute Gasteiger partial charge is 0.267 e. The van der Waals surface area contributed by atoms with Gasteiger partial charge in [0.15, 0.2) is 0 Å². The van der Waals surface area contributed by atoms with Gasteiger partial charge in [0.1, 0.15) is 5.04 Å². The van der Waals surface area contributed by atoms with E-state index in [1.807, 2.05) is 37.3 Å². The van der Waals surface area contributed by atoms with Crippen molar-refractivity contribution < 1.29 is 18.0 Å². The summed E-state index contributed by atoms with van der Waals surface area (Å²) in [4.78, 5) is 16.2. The topological polar surface area (TPSA) is 29.4 Å². The van der Waals surface area contributed by atoms with Crippen LogP contribution in [0.4, 0.5) is 13.2 Å². The van der Waals surface area contributed by atoms with Crippen molar-refractivity contribution in [3.63, 3.8) is 0 Å². The van der Waals surface area contributed by atoms with Gasteiger partial charge in [-0.25, -0.2) is 4.99 Å². The van der Waals surface area contributed by atoms with Gasteiger partial charge in [-0.15, -0.1) is 11.8 Å². The van der Waals surface area contributed by atoms with Gasteiger partial charge in [-0.2, -0.15) is 13.2 Å². The van der Waals surface area contributed by atoms with Gasteiger partial charge < -0.3 is 0 Å². The van der Waals surface area contributed by atoms with E-state index in [-0.39, 0.29) is 5.56 Å². The first-order valence-corrected chi connectivity index (χ1v) is 7.89. The number of halogens is 3. The van der Waals surface area contributed by atoms with E-state index in [4.69, 9.17) is 0 Å². The predicted molar refractivity (Wildman–Crippen MR) is 86.9 cm³/mol. The number of carbonyl (C=O) groups excluding carboxylic acids is 1. The van der Waals surface area contributed by atoms with Crippen molar-refractivity contribution in [3.8, 4) is 0 Å². The number of benzene rings is 2. The van der Waals surface area contributed by atoms with Crippen LogP contribution >= 0.6 is 11.8 Å². The van der Waals surface area contributed by atoms with Crippen LogP contribution < -0.4 is 0 Å². The van der Waals surface area contributed by atoms with Crippen LogP contribution in [0.2, 0.25) is 0 Å². The summed E-state index contributed by atoms with van der Waals surface area (Å²) in [5.74, 6) is 0.173. The molecule has 0 N–H and O–H groups in total. The highest BCUT2D eigenvalue weighted by atomic mass is 32.2. The predicted octanol–water partition coefficient (Wildman–Crippen LogP) is 5.05. The number of alkyl halides is 3. The van der Waals surface area contributed by atoms with E-state index in [0.717, 1.165) is 35.6 Å². The summed E-state index contributed by atoms with van der Waals surface area (Å²) in [7, 11) is 0. The molecule has 0 saturated heterocycles. The number of hydrogen-bond donors (Lipinski definition) is 0. The Labute approximate surface area is 136 Å². The van der Waals surface area contributed by atoms with Crippen LogP contribution in [0.15, 0.2) is 59.6 Å². The molecule has 0 saturated carbocycles. The molecule has 0 aliphatic carbocycles. The molecule has 0 spiro atoms. The molecule has 2 aromatic carbocycles. The number of hydrogen-bond acceptors (Lipinski definition) is 2. The van der Waals surface area contributed by atoms with E-state index in [1.165, 1.54) is 11.8 Å². The number of thioether (sulfide) groups is 1. The van der Waals surface area contributed by atoms with Gasteiger partial charge in [-0.05, 0) is 30.0 Å². The number of nitrogens with zero attached hydrogens (tertiary/aromatic N) is 1. The minimum Gasteiger partial charge on any atom is -0.267 e. The number of amides is 1. The summed E-state index contributed by atoms with van der Waals surface area (Å²) in [6.45, 7) is 1.94. The number of aliphatic imine (C=N–C) groups is 1. The molecule has 0 bridgehead atoms. The number of rotatable bonds is 3. The van der Waals surface area contributed by atoms with Gasteiger partial charge in [0.05, 0.1) is 5.56 Å². The summed E-state index contributed by atoms with van der Waals surface area (Å²) >= 11 is 1.41. The SMILES string of the molecule is CCSC(=NC(=O)c1ccc(C(F)(F)F)cc1)c1ccccc1. The van der Waals surface area contributed by atoms with Crippen LogP contribution in [0.5, 0.6) is 0 Å². The van der Waals surface area contributed by atoms with E-state index in [9.17, 15) is 18.0 Å². The molecule has 2 rings (SSSR count). The molecule has 0 atom stereocenters. The second kappa shape index (κ2) is 7.46. The molecule has 0 radical (unpaired) electrons. The molecule has 2 aromatic rings. The first-order valence-electron chi connectivity index (χ1n) is 6.90. The first kappa shape index (κ1) is 17.3. The van der Waals surface area contributed by atoms with Crippen LogP contribution in [0, 0.1) is 0 Å². The second-order valence-electron chi connectivity index (χ2n) is 4.60. The Morgan fingerprint density at radius 2 is 1.61 bits per heavy atom. The maximum atomic E-state index is 12.5. The summed E-state index contributed by atoms with van der Waals surface area (Å²) in [5.41, 5.74) is 0.145. The average molecular weight is 337 g/mol. The molecule has 0 heterocycles. The minimum absolute atomic E-state index is 0.128. The van der Waals surface area contributed by atoms with Crippen molar-refractivity contribution in [3.05, 3.63) is 71.3 Å². The lowest BCUT2D eigenvalue weighted by Crippen LogP contribution is -2.06. The van der Waals surface area contributed by atoms with E-state index >= 15 is 0 Å². The quantitative estimate of drug-likeness (QED) is 0.580. The second-order valence-corrected chi connectivity index (χ2v) is 5.85. The van der Waals surface area contributed by atoms with E-state index in [0.29, 0.717) is 5.04 Å². The van der Waals surface area contributed by atoms with Crippen LogP contribution in [0.3, 0.4) is 0 Å². The van der Waals surface area contributed by atoms with Crippen molar-refractivity contribution in [2.75, 3.05) is 5.75 Å². The lowest BCUT2D eigenvalue weighted by atomic mass is 10.1. The minimum atomic E-state index is -4.42. The molecule has 1 amide bonds. The van der Waals surface area contributed by atoms with Gasteiger partial charge in [0.2, 0.25) is 0 Å². The molecule has 23 heavy (non-hydrogen) atoms. The molecule has 2 nitrogen and oxygen atoms in total. The Hall–Kier alpha value is -2.08. The third-order valence-corrected chi connectivity index (χ3v) is 3.85. The van der Waals surface area contributed by atoms with Crippen molar-refractivity contribution in [1.82, 2.24) is 0 Å². The van der Waals surface area contributed by atoms with Crippen molar-refractivity contribution in [1.29, 1.82) is 0 Å². The molecule has 0 aliphatic heterocycles. The van der Waals surface area contributed by atoms with E-state index in [2.05, 4.69) is 4.99 Å². The molecule has 0 fully saturated rings. The maximum Gasteiger partial charge on any atom is 0.416 e. The molecule has 120 valence electrons. The fraction of sp³-hybridized carbons (Fsp3) is 0.176. The molecule has 6 heteroatoms.